The Morgan fingerprint density at radius 3 is 2.35 bits per heavy atom. The standard InChI is InChI=1S/C18H15N7O/c26-17(15-11-12-19-20-15)22-24-18-23-21-16(13-7-3-1-4-8-13)25(18)14-9-5-2-6-10-14/h1-12H,(H,19,20)(H,22,26)(H,23,24). The number of nitrogens with zero attached hydrogens (tertiary/aromatic N) is 4. The molecule has 0 radical (unpaired) electrons. The summed E-state index contributed by atoms with van der Waals surface area (Å²) >= 11 is 0. The van der Waals surface area contributed by atoms with Crippen molar-refractivity contribution in [1.82, 2.24) is 30.4 Å². The maximum absolute atomic E-state index is 12.1. The summed E-state index contributed by atoms with van der Waals surface area (Å²) in [6, 6.07) is 21.0. The average Bonchev–Trinajstić information content (AvgIpc) is 3.37. The molecule has 0 aliphatic rings. The first kappa shape index (κ1) is 15.6. The van der Waals surface area contributed by atoms with Gasteiger partial charge in [0.05, 0.1) is 5.69 Å². The summed E-state index contributed by atoms with van der Waals surface area (Å²) < 4.78 is 1.84. The highest BCUT2D eigenvalue weighted by atomic mass is 16.2. The number of aromatic nitrogens is 5. The second kappa shape index (κ2) is 6.89. The van der Waals surface area contributed by atoms with E-state index in [9.17, 15) is 4.79 Å². The van der Waals surface area contributed by atoms with Gasteiger partial charge in [0.1, 0.15) is 5.69 Å². The summed E-state index contributed by atoms with van der Waals surface area (Å²) in [7, 11) is 0. The van der Waals surface area contributed by atoms with Crippen molar-refractivity contribution in [3.05, 3.63) is 78.6 Å². The molecule has 0 fully saturated rings. The Labute approximate surface area is 148 Å². The number of H-pyrrole nitrogens is 1. The molecule has 0 unspecified atom stereocenters. The van der Waals surface area contributed by atoms with Crippen molar-refractivity contribution < 1.29 is 4.79 Å². The smallest absolute Gasteiger partial charge is 0.273 e. The van der Waals surface area contributed by atoms with E-state index in [2.05, 4.69) is 31.2 Å². The molecule has 2 heterocycles. The molecule has 1 amide bonds. The van der Waals surface area contributed by atoms with E-state index in [0.717, 1.165) is 11.3 Å². The van der Waals surface area contributed by atoms with Gasteiger partial charge in [0, 0.05) is 11.8 Å². The highest BCUT2D eigenvalue weighted by Crippen LogP contribution is 2.24. The van der Waals surface area contributed by atoms with Gasteiger partial charge in [0.2, 0.25) is 5.95 Å². The molecule has 0 bridgehead atoms. The molecule has 0 saturated carbocycles. The van der Waals surface area contributed by atoms with E-state index >= 15 is 0 Å². The molecule has 8 heteroatoms. The number of rotatable bonds is 5. The van der Waals surface area contributed by atoms with Crippen LogP contribution >= 0.6 is 0 Å². The van der Waals surface area contributed by atoms with Crippen LogP contribution in [0.3, 0.4) is 0 Å². The maximum atomic E-state index is 12.1. The van der Waals surface area contributed by atoms with Crippen LogP contribution in [0.4, 0.5) is 5.95 Å². The molecular weight excluding hydrogens is 330 g/mol. The number of carbonyl (C=O) groups is 1. The molecule has 0 spiro atoms. The summed E-state index contributed by atoms with van der Waals surface area (Å²) in [4.78, 5) is 12.1. The number of carbonyl (C=O) groups excluding carboxylic acids is 1. The highest BCUT2D eigenvalue weighted by Gasteiger charge is 2.16. The molecule has 0 aliphatic heterocycles. The minimum atomic E-state index is -0.355. The molecule has 0 atom stereocenters. The SMILES string of the molecule is O=C(NNc1nnc(-c2ccccc2)n1-c1ccccc1)c1ccn[nH]1. The van der Waals surface area contributed by atoms with Crippen molar-refractivity contribution in [3.63, 3.8) is 0 Å². The molecule has 128 valence electrons. The number of aromatic amines is 1. The number of para-hydroxylation sites is 1. The maximum Gasteiger partial charge on any atom is 0.287 e. The lowest BCUT2D eigenvalue weighted by Crippen LogP contribution is -2.31. The third kappa shape index (κ3) is 3.03. The molecule has 0 saturated heterocycles. The van der Waals surface area contributed by atoms with E-state index in [0.29, 0.717) is 17.5 Å². The van der Waals surface area contributed by atoms with Crippen LogP contribution in [-0.2, 0) is 0 Å². The number of anilines is 1. The zero-order chi connectivity index (χ0) is 17.8. The van der Waals surface area contributed by atoms with Crippen LogP contribution in [0.2, 0.25) is 0 Å². The molecule has 2 aromatic heterocycles. The Morgan fingerprint density at radius 2 is 1.65 bits per heavy atom. The second-order valence-corrected chi connectivity index (χ2v) is 5.43. The van der Waals surface area contributed by atoms with Crippen molar-refractivity contribution in [2.24, 2.45) is 0 Å². The second-order valence-electron chi connectivity index (χ2n) is 5.43. The van der Waals surface area contributed by atoms with Gasteiger partial charge in [0.25, 0.3) is 5.91 Å². The van der Waals surface area contributed by atoms with Crippen molar-refractivity contribution in [3.8, 4) is 17.1 Å². The molecule has 2 aromatic carbocycles. The van der Waals surface area contributed by atoms with Crippen molar-refractivity contribution in [2.75, 3.05) is 5.43 Å². The lowest BCUT2D eigenvalue weighted by atomic mass is 10.2. The van der Waals surface area contributed by atoms with Crippen LogP contribution in [0.25, 0.3) is 17.1 Å². The Kier molecular flexibility index (Phi) is 4.13. The Morgan fingerprint density at radius 1 is 0.923 bits per heavy atom. The third-order valence-electron chi connectivity index (χ3n) is 3.74. The molecule has 8 nitrogen and oxygen atoms in total. The van der Waals surface area contributed by atoms with Crippen LogP contribution in [0.5, 0.6) is 0 Å². The molecule has 4 rings (SSSR count). The summed E-state index contributed by atoms with van der Waals surface area (Å²) in [5.41, 5.74) is 7.55. The van der Waals surface area contributed by atoms with Gasteiger partial charge >= 0.3 is 0 Å². The van der Waals surface area contributed by atoms with Crippen LogP contribution in [0.15, 0.2) is 72.9 Å². The molecule has 4 aromatic rings. The van der Waals surface area contributed by atoms with Gasteiger partial charge in [-0.15, -0.1) is 10.2 Å². The van der Waals surface area contributed by atoms with Crippen molar-refractivity contribution in [2.45, 2.75) is 0 Å². The van der Waals surface area contributed by atoms with Gasteiger partial charge in [-0.2, -0.15) is 5.10 Å². The van der Waals surface area contributed by atoms with E-state index in [1.165, 1.54) is 6.20 Å². The van der Waals surface area contributed by atoms with E-state index in [-0.39, 0.29) is 5.91 Å². The van der Waals surface area contributed by atoms with Gasteiger partial charge in [-0.1, -0.05) is 48.5 Å². The fourth-order valence-corrected chi connectivity index (χ4v) is 2.52. The van der Waals surface area contributed by atoms with Gasteiger partial charge in [0.15, 0.2) is 5.82 Å². The third-order valence-corrected chi connectivity index (χ3v) is 3.74. The van der Waals surface area contributed by atoms with E-state index in [1.807, 2.05) is 65.2 Å². The largest absolute Gasteiger partial charge is 0.287 e. The van der Waals surface area contributed by atoms with E-state index in [4.69, 9.17) is 0 Å². The summed E-state index contributed by atoms with van der Waals surface area (Å²) in [6.45, 7) is 0. The average molecular weight is 345 g/mol. The molecule has 0 aliphatic carbocycles. The number of amides is 1. The Hall–Kier alpha value is -3.94. The fourth-order valence-electron chi connectivity index (χ4n) is 2.52. The quantitative estimate of drug-likeness (QED) is 0.482. The first-order chi connectivity index (χ1) is 12.8. The molecule has 26 heavy (non-hydrogen) atoms. The van der Waals surface area contributed by atoms with E-state index < -0.39 is 0 Å². The number of hydrazine groups is 1. The number of benzene rings is 2. The monoisotopic (exact) mass is 345 g/mol. The lowest BCUT2D eigenvalue weighted by molar-refractivity contribution is 0.0957. The van der Waals surface area contributed by atoms with Crippen LogP contribution in [0.1, 0.15) is 10.5 Å². The summed E-state index contributed by atoms with van der Waals surface area (Å²) in [6.07, 6.45) is 1.51. The first-order valence-corrected chi connectivity index (χ1v) is 7.95. The van der Waals surface area contributed by atoms with Crippen molar-refractivity contribution in [1.29, 1.82) is 0 Å². The number of hydrogen-bond donors (Lipinski definition) is 3. The Bertz CT molecular complexity index is 995. The highest BCUT2D eigenvalue weighted by molar-refractivity contribution is 5.92. The predicted molar refractivity (Wildman–Crippen MR) is 96.5 cm³/mol. The summed E-state index contributed by atoms with van der Waals surface area (Å²) in [5.74, 6) is 0.699. The number of nitrogens with one attached hydrogen (secondary N) is 3. The zero-order valence-electron chi connectivity index (χ0n) is 13.6. The van der Waals surface area contributed by atoms with Crippen LogP contribution < -0.4 is 10.9 Å². The van der Waals surface area contributed by atoms with Gasteiger partial charge in [-0.25, -0.2) is 0 Å². The summed E-state index contributed by atoms with van der Waals surface area (Å²) in [5, 5.41) is 14.8. The molecule has 3 N–H and O–H groups in total. The normalized spacial score (nSPS) is 10.5. The topological polar surface area (TPSA) is 101 Å². The Balaban J connectivity index is 1.69. The minimum Gasteiger partial charge on any atom is -0.273 e. The first-order valence-electron chi connectivity index (χ1n) is 7.95. The van der Waals surface area contributed by atoms with Crippen LogP contribution in [-0.4, -0.2) is 30.9 Å². The van der Waals surface area contributed by atoms with Gasteiger partial charge in [-0.05, 0) is 18.2 Å². The zero-order valence-corrected chi connectivity index (χ0v) is 13.6. The minimum absolute atomic E-state index is 0.339. The van der Waals surface area contributed by atoms with E-state index in [1.54, 1.807) is 6.07 Å². The van der Waals surface area contributed by atoms with Crippen molar-refractivity contribution >= 4 is 11.9 Å². The fraction of sp³-hybridized carbons (Fsp3) is 0. The van der Waals surface area contributed by atoms with Crippen LogP contribution in [0, 0.1) is 0 Å². The van der Waals surface area contributed by atoms with Gasteiger partial charge < -0.3 is 0 Å². The predicted octanol–water partition coefficient (Wildman–Crippen LogP) is 2.41. The van der Waals surface area contributed by atoms with Gasteiger partial charge in [-0.3, -0.25) is 25.3 Å². The number of hydrogen-bond acceptors (Lipinski definition) is 5. The lowest BCUT2D eigenvalue weighted by Gasteiger charge is -2.12. The molecular formula is C18H15N7O.